The molecule has 16 nitrogen and oxygen atoms in total. The van der Waals surface area contributed by atoms with Crippen LogP contribution in [-0.2, 0) is 31.6 Å². The van der Waals surface area contributed by atoms with Crippen molar-refractivity contribution in [1.82, 2.24) is 29.2 Å². The van der Waals surface area contributed by atoms with Crippen LogP contribution in [0.4, 0.5) is 15.8 Å². The number of hydrogen-bond acceptors (Lipinski definition) is 10. The molecule has 1 aromatic heterocycles. The molecular formula is C48H56ClFN9O7S+. The normalized spacial score (nSPS) is 23.1. The standard InChI is InChI=1S/C48H55ClFN9O7S/c1-5-55(3)67(64,65)54-38-12-10-36(50)44(42(38)49)66-32-7-11-37-35(25-32)46(63)59(29-51-37)28-47(2)16-17-48(27-47)18-22-58(23-19-48)41(61)26-57-20-14-30(15-21-57)31-6-8-33-39(24-31)56(4)53-43(33)34-9-13-40(60)52-45(34)62/h6-8,10-12,24-25,28-30,34,54H,5,9,13-23,26-27H2,1-4H3/p+1. The fourth-order valence-corrected chi connectivity index (χ4v) is 11.9. The number of aryl methyl sites for hydroxylation is 1. The monoisotopic (exact) mass is 956 g/mol. The number of hydrogen-bond donors (Lipinski definition) is 2. The summed E-state index contributed by atoms with van der Waals surface area (Å²) in [7, 11) is -0.658. The van der Waals surface area contributed by atoms with Gasteiger partial charge < -0.3 is 9.64 Å². The van der Waals surface area contributed by atoms with Gasteiger partial charge in [-0.3, -0.25) is 34.0 Å². The maximum absolute atomic E-state index is 15.0. The Hall–Kier alpha value is -5.56. The van der Waals surface area contributed by atoms with E-state index in [9.17, 15) is 27.6 Å². The number of nitrogens with one attached hydrogen (secondary N) is 2. The van der Waals surface area contributed by atoms with Gasteiger partial charge in [0, 0.05) is 57.0 Å². The molecule has 1 aliphatic carbocycles. The Morgan fingerprint density at radius 2 is 1.81 bits per heavy atom. The third-order valence-corrected chi connectivity index (χ3v) is 16.6. The lowest BCUT2D eigenvalue weighted by Crippen LogP contribution is -2.47. The zero-order valence-corrected chi connectivity index (χ0v) is 39.8. The van der Waals surface area contributed by atoms with Gasteiger partial charge in [0.05, 0.1) is 35.6 Å². The van der Waals surface area contributed by atoms with E-state index in [4.69, 9.17) is 21.4 Å². The fraction of sp³-hybridized carbons (Fsp3) is 0.479. The maximum Gasteiger partial charge on any atom is 0.349 e. The van der Waals surface area contributed by atoms with Gasteiger partial charge in [0.15, 0.2) is 17.3 Å². The smallest absolute Gasteiger partial charge is 0.349 e. The van der Waals surface area contributed by atoms with Crippen molar-refractivity contribution in [2.24, 2.45) is 22.9 Å². The Morgan fingerprint density at radius 1 is 1.04 bits per heavy atom. The molecule has 19 heteroatoms. The third kappa shape index (κ3) is 9.37. The second-order valence-corrected chi connectivity index (χ2v) is 21.3. The van der Waals surface area contributed by atoms with Gasteiger partial charge >= 0.3 is 16.1 Å². The number of aromatic nitrogens is 2. The molecule has 5 heterocycles. The molecule has 4 amide bonds. The molecule has 1 spiro atoms. The number of carbonyl (C=O) groups excluding carboxylic acids is 4. The summed E-state index contributed by atoms with van der Waals surface area (Å²) in [6.07, 6.45) is 10.7. The molecule has 3 aromatic carbocycles. The minimum Gasteiger partial charge on any atom is -0.453 e. The maximum atomic E-state index is 15.0. The van der Waals surface area contributed by atoms with E-state index in [1.807, 2.05) is 22.8 Å². The van der Waals surface area contributed by atoms with Crippen molar-refractivity contribution in [3.8, 4) is 11.5 Å². The van der Waals surface area contributed by atoms with Crippen LogP contribution in [0.25, 0.3) is 10.9 Å². The minimum absolute atomic E-state index is 0.0604. The zero-order valence-electron chi connectivity index (χ0n) is 38.2. The van der Waals surface area contributed by atoms with Crippen LogP contribution >= 0.6 is 11.6 Å². The molecule has 0 radical (unpaired) electrons. The summed E-state index contributed by atoms with van der Waals surface area (Å²) in [5.74, 6) is -1.85. The Kier molecular flexibility index (Phi) is 12.6. The summed E-state index contributed by atoms with van der Waals surface area (Å²) in [6, 6.07) is 13.3. The van der Waals surface area contributed by atoms with Gasteiger partial charge in [-0.25, -0.2) is 9.18 Å². The SMILES string of the molecule is CCN(C)S(=O)(=O)Nc1ccc(F)c(Oc2ccc3c(c2)C(=O)[N+](=CC2(C)CCC4(CCN(C(=O)CN5CCC(c6ccc7c(C8CCC(=O)NC8=O)nn(C)c7c6)CC5)CC4)C2)C=N3)c1Cl. The van der Waals surface area contributed by atoms with Crippen molar-refractivity contribution in [2.45, 2.75) is 83.5 Å². The quantitative estimate of drug-likeness (QED) is 0.120. The molecule has 0 bridgehead atoms. The molecular weight excluding hydrogens is 901 g/mol. The minimum atomic E-state index is -3.94. The molecule has 3 saturated heterocycles. The molecule has 4 aromatic rings. The number of ether oxygens (including phenoxy) is 1. The van der Waals surface area contributed by atoms with Crippen LogP contribution in [0.2, 0.25) is 5.02 Å². The third-order valence-electron chi connectivity index (χ3n) is 14.6. The van der Waals surface area contributed by atoms with Crippen molar-refractivity contribution in [3.63, 3.8) is 0 Å². The van der Waals surface area contributed by atoms with Gasteiger partial charge in [-0.1, -0.05) is 37.6 Å². The number of benzene rings is 3. The number of amides is 4. The van der Waals surface area contributed by atoms with Crippen LogP contribution in [0.3, 0.4) is 0 Å². The number of halogens is 2. The van der Waals surface area contributed by atoms with Crippen molar-refractivity contribution in [2.75, 3.05) is 51.0 Å². The number of piperidine rings is 3. The second-order valence-electron chi connectivity index (χ2n) is 19.2. The van der Waals surface area contributed by atoms with Gasteiger partial charge in [-0.05, 0) is 117 Å². The summed E-state index contributed by atoms with van der Waals surface area (Å²) >= 11 is 6.46. The lowest BCUT2D eigenvalue weighted by Gasteiger charge is -2.41. The lowest BCUT2D eigenvalue weighted by molar-refractivity contribution is -0.292. The average molecular weight is 958 g/mol. The van der Waals surface area contributed by atoms with E-state index in [-0.39, 0.29) is 63.0 Å². The van der Waals surface area contributed by atoms with Crippen LogP contribution in [0, 0.1) is 16.6 Å². The van der Waals surface area contributed by atoms with Crippen molar-refractivity contribution >= 4 is 80.3 Å². The van der Waals surface area contributed by atoms with E-state index in [1.54, 1.807) is 13.0 Å². The number of fused-ring (bicyclic) bond motifs is 2. The van der Waals surface area contributed by atoms with E-state index < -0.39 is 27.7 Å². The molecule has 67 heavy (non-hydrogen) atoms. The van der Waals surface area contributed by atoms with Crippen molar-refractivity contribution < 1.29 is 41.3 Å². The van der Waals surface area contributed by atoms with E-state index in [1.165, 1.54) is 41.7 Å². The van der Waals surface area contributed by atoms with Crippen LogP contribution in [0.5, 0.6) is 11.5 Å². The highest BCUT2D eigenvalue weighted by Crippen LogP contribution is 2.54. The summed E-state index contributed by atoms with van der Waals surface area (Å²) in [5, 5.41) is 7.82. The largest absolute Gasteiger partial charge is 0.453 e. The first-order valence-electron chi connectivity index (χ1n) is 23.0. The van der Waals surface area contributed by atoms with Crippen LogP contribution < -0.4 is 14.8 Å². The molecule has 4 fully saturated rings. The Labute approximate surface area is 394 Å². The predicted octanol–water partition coefficient (Wildman–Crippen LogP) is 6.86. The number of nitrogens with zero attached hydrogens (tertiary/aromatic N) is 7. The number of anilines is 1. The molecule has 2 unspecified atom stereocenters. The second kappa shape index (κ2) is 18.2. The molecule has 5 aliphatic rings. The van der Waals surface area contributed by atoms with Gasteiger partial charge in [0.1, 0.15) is 16.3 Å². The summed E-state index contributed by atoms with van der Waals surface area (Å²) < 4.78 is 52.9. The molecule has 354 valence electrons. The number of imide groups is 1. The Morgan fingerprint density at radius 3 is 2.54 bits per heavy atom. The topological polar surface area (TPSA) is 179 Å². The summed E-state index contributed by atoms with van der Waals surface area (Å²) in [4.78, 5) is 60.8. The Bertz CT molecular complexity index is 2850. The highest BCUT2D eigenvalue weighted by molar-refractivity contribution is 7.90. The predicted molar refractivity (Wildman–Crippen MR) is 252 cm³/mol. The van der Waals surface area contributed by atoms with E-state index in [2.05, 4.69) is 45.1 Å². The van der Waals surface area contributed by atoms with Crippen LogP contribution in [0.1, 0.15) is 105 Å². The van der Waals surface area contributed by atoms with Gasteiger partial charge in [0.25, 0.3) is 6.34 Å². The van der Waals surface area contributed by atoms with E-state index in [0.29, 0.717) is 49.8 Å². The first kappa shape index (κ1) is 46.5. The molecule has 9 rings (SSSR count). The number of likely N-dealkylation sites (tertiary alicyclic amines) is 2. The average Bonchev–Trinajstić information content (AvgIpc) is 3.81. The van der Waals surface area contributed by atoms with Crippen molar-refractivity contribution in [1.29, 1.82) is 0 Å². The van der Waals surface area contributed by atoms with Crippen LogP contribution in [0.15, 0.2) is 53.5 Å². The molecule has 4 aliphatic heterocycles. The first-order chi connectivity index (χ1) is 31.9. The molecule has 2 atom stereocenters. The number of carbonyl (C=O) groups is 4. The fourth-order valence-electron chi connectivity index (χ4n) is 10.7. The summed E-state index contributed by atoms with van der Waals surface area (Å²) in [5.41, 5.74) is 3.31. The van der Waals surface area contributed by atoms with E-state index in [0.717, 1.165) is 79.3 Å². The van der Waals surface area contributed by atoms with Gasteiger partial charge in [-0.15, -0.1) is 0 Å². The zero-order chi connectivity index (χ0) is 47.4. The highest BCUT2D eigenvalue weighted by Gasteiger charge is 2.48. The molecule has 2 N–H and O–H groups in total. The lowest BCUT2D eigenvalue weighted by atomic mass is 9.74. The number of rotatable bonds is 11. The van der Waals surface area contributed by atoms with E-state index >= 15 is 4.39 Å². The van der Waals surface area contributed by atoms with Crippen molar-refractivity contribution in [3.05, 3.63) is 76.2 Å². The molecule has 1 saturated carbocycles. The summed E-state index contributed by atoms with van der Waals surface area (Å²) in [6.45, 7) is 7.50. The van der Waals surface area contributed by atoms with Gasteiger partial charge in [0.2, 0.25) is 17.7 Å². The van der Waals surface area contributed by atoms with Gasteiger partial charge in [-0.2, -0.15) is 22.4 Å². The highest BCUT2D eigenvalue weighted by atomic mass is 35.5. The first-order valence-corrected chi connectivity index (χ1v) is 24.8. The Balaban J connectivity index is 0.777. The number of aliphatic imine (C=N–C) groups is 1. The van der Waals surface area contributed by atoms with Crippen LogP contribution in [-0.4, -0.2) is 119 Å².